The normalized spacial score (nSPS) is 19.2. The summed E-state index contributed by atoms with van der Waals surface area (Å²) in [6.07, 6.45) is 3.81. The van der Waals surface area contributed by atoms with Crippen molar-refractivity contribution in [3.63, 3.8) is 0 Å². The molecule has 0 radical (unpaired) electrons. The maximum Gasteiger partial charge on any atom is 0.122 e. The predicted molar refractivity (Wildman–Crippen MR) is 82.0 cm³/mol. The van der Waals surface area contributed by atoms with Gasteiger partial charge in [0.1, 0.15) is 5.75 Å². The molecule has 0 spiro atoms. The first-order chi connectivity index (χ1) is 9.69. The van der Waals surface area contributed by atoms with Gasteiger partial charge in [0.05, 0.1) is 6.61 Å². The minimum Gasteiger partial charge on any atom is -0.493 e. The fourth-order valence-corrected chi connectivity index (χ4v) is 3.17. The number of hydrogen-bond donors (Lipinski definition) is 1. The molecule has 0 amide bonds. The molecule has 110 valence electrons. The third-order valence-electron chi connectivity index (χ3n) is 4.55. The van der Waals surface area contributed by atoms with Crippen LogP contribution in [0.2, 0.25) is 0 Å². The summed E-state index contributed by atoms with van der Waals surface area (Å²) in [6, 6.07) is 7.50. The van der Waals surface area contributed by atoms with Crippen LogP contribution in [0, 0.1) is 5.92 Å². The van der Waals surface area contributed by atoms with Crippen molar-refractivity contribution in [2.24, 2.45) is 11.7 Å². The van der Waals surface area contributed by atoms with Crippen LogP contribution in [0.3, 0.4) is 0 Å². The number of nitrogens with two attached hydrogens (primary N) is 1. The van der Waals surface area contributed by atoms with E-state index in [1.165, 1.54) is 30.5 Å². The molecule has 3 rings (SSSR count). The smallest absolute Gasteiger partial charge is 0.122 e. The van der Waals surface area contributed by atoms with Crippen molar-refractivity contribution < 1.29 is 4.74 Å². The fourth-order valence-electron chi connectivity index (χ4n) is 3.17. The number of rotatable bonds is 6. The predicted octanol–water partition coefficient (Wildman–Crippen LogP) is 2.74. The Hall–Kier alpha value is -1.06. The zero-order valence-corrected chi connectivity index (χ0v) is 12.6. The molecule has 2 N–H and O–H groups in total. The van der Waals surface area contributed by atoms with Crippen LogP contribution in [0.4, 0.5) is 0 Å². The van der Waals surface area contributed by atoms with Crippen molar-refractivity contribution in [3.05, 3.63) is 29.3 Å². The Morgan fingerprint density at radius 2 is 2.15 bits per heavy atom. The SMILES string of the molecule is CC(C)N(CC1CC1)C(CN)c1ccc2c(c1)CCO2. The lowest BCUT2D eigenvalue weighted by atomic mass is 10.00. The summed E-state index contributed by atoms with van der Waals surface area (Å²) >= 11 is 0. The maximum absolute atomic E-state index is 6.11. The van der Waals surface area contributed by atoms with E-state index in [1.807, 2.05) is 0 Å². The molecule has 20 heavy (non-hydrogen) atoms. The van der Waals surface area contributed by atoms with Gasteiger partial charge in [-0.15, -0.1) is 0 Å². The molecule has 1 aliphatic heterocycles. The second kappa shape index (κ2) is 5.74. The molecule has 1 fully saturated rings. The van der Waals surface area contributed by atoms with Crippen LogP contribution in [-0.4, -0.2) is 30.6 Å². The van der Waals surface area contributed by atoms with Crippen molar-refractivity contribution in [2.45, 2.75) is 45.2 Å². The largest absolute Gasteiger partial charge is 0.493 e. The van der Waals surface area contributed by atoms with Gasteiger partial charge in [-0.3, -0.25) is 4.90 Å². The Kier molecular flexibility index (Phi) is 3.99. The van der Waals surface area contributed by atoms with Crippen molar-refractivity contribution >= 4 is 0 Å². The zero-order valence-electron chi connectivity index (χ0n) is 12.6. The standard InChI is InChI=1S/C17H26N2O/c1-12(2)19(11-13-3-4-13)16(10-18)14-5-6-17-15(9-14)7-8-20-17/h5-6,9,12-13,16H,3-4,7-8,10-11,18H2,1-2H3. The van der Waals surface area contributed by atoms with Gasteiger partial charge in [-0.2, -0.15) is 0 Å². The average Bonchev–Trinajstić information content (AvgIpc) is 3.13. The van der Waals surface area contributed by atoms with Gasteiger partial charge in [0.25, 0.3) is 0 Å². The summed E-state index contributed by atoms with van der Waals surface area (Å²) < 4.78 is 5.60. The highest BCUT2D eigenvalue weighted by Crippen LogP contribution is 2.35. The minimum atomic E-state index is 0.335. The van der Waals surface area contributed by atoms with Crippen molar-refractivity contribution in [1.82, 2.24) is 4.90 Å². The Bertz CT molecular complexity index is 468. The van der Waals surface area contributed by atoms with Gasteiger partial charge < -0.3 is 10.5 Å². The second-order valence-corrected chi connectivity index (χ2v) is 6.45. The van der Waals surface area contributed by atoms with Crippen molar-refractivity contribution in [3.8, 4) is 5.75 Å². The third-order valence-corrected chi connectivity index (χ3v) is 4.55. The molecule has 3 nitrogen and oxygen atoms in total. The molecular weight excluding hydrogens is 248 g/mol. The van der Waals surface area contributed by atoms with Crippen molar-refractivity contribution in [2.75, 3.05) is 19.7 Å². The molecule has 1 heterocycles. The molecule has 2 aliphatic rings. The van der Waals surface area contributed by atoms with Crippen molar-refractivity contribution in [1.29, 1.82) is 0 Å². The molecule has 1 unspecified atom stereocenters. The molecule has 0 saturated heterocycles. The van der Waals surface area contributed by atoms with E-state index in [4.69, 9.17) is 10.5 Å². The number of benzene rings is 1. The zero-order chi connectivity index (χ0) is 14.1. The quantitative estimate of drug-likeness (QED) is 0.867. The summed E-state index contributed by atoms with van der Waals surface area (Å²) in [5, 5.41) is 0. The molecule has 0 bridgehead atoms. The summed E-state index contributed by atoms with van der Waals surface area (Å²) in [7, 11) is 0. The topological polar surface area (TPSA) is 38.5 Å². The highest BCUT2D eigenvalue weighted by atomic mass is 16.5. The Balaban J connectivity index is 1.83. The van der Waals surface area contributed by atoms with E-state index in [2.05, 4.69) is 36.9 Å². The summed E-state index contributed by atoms with van der Waals surface area (Å²) in [6.45, 7) is 7.25. The van der Waals surface area contributed by atoms with Gasteiger partial charge >= 0.3 is 0 Å². The third kappa shape index (κ3) is 2.84. The molecule has 1 atom stereocenters. The van der Waals surface area contributed by atoms with Crippen LogP contribution in [0.5, 0.6) is 5.75 Å². The lowest BCUT2D eigenvalue weighted by Crippen LogP contribution is -2.40. The average molecular weight is 274 g/mol. The molecule has 1 aliphatic carbocycles. The summed E-state index contributed by atoms with van der Waals surface area (Å²) in [5.74, 6) is 1.95. The molecule has 1 aromatic rings. The number of fused-ring (bicyclic) bond motifs is 1. The maximum atomic E-state index is 6.11. The highest BCUT2D eigenvalue weighted by molar-refractivity contribution is 5.41. The van der Waals surface area contributed by atoms with E-state index in [-0.39, 0.29) is 0 Å². The van der Waals surface area contributed by atoms with Gasteiger partial charge in [0, 0.05) is 31.6 Å². The second-order valence-electron chi connectivity index (χ2n) is 6.45. The van der Waals surface area contributed by atoms with Crippen LogP contribution < -0.4 is 10.5 Å². The van der Waals surface area contributed by atoms with Crippen LogP contribution >= 0.6 is 0 Å². The van der Waals surface area contributed by atoms with E-state index in [0.29, 0.717) is 18.6 Å². The van der Waals surface area contributed by atoms with Gasteiger partial charge in [0.2, 0.25) is 0 Å². The number of ether oxygens (including phenoxy) is 1. The Morgan fingerprint density at radius 3 is 2.80 bits per heavy atom. The first-order valence-electron chi connectivity index (χ1n) is 7.90. The van der Waals surface area contributed by atoms with E-state index in [9.17, 15) is 0 Å². The van der Waals surface area contributed by atoms with E-state index >= 15 is 0 Å². The van der Waals surface area contributed by atoms with E-state index in [1.54, 1.807) is 0 Å². The van der Waals surface area contributed by atoms with Crippen LogP contribution in [-0.2, 0) is 6.42 Å². The first-order valence-corrected chi connectivity index (χ1v) is 7.90. The first kappa shape index (κ1) is 13.9. The van der Waals surface area contributed by atoms with E-state index < -0.39 is 0 Å². The Morgan fingerprint density at radius 1 is 1.35 bits per heavy atom. The molecule has 1 aromatic carbocycles. The fraction of sp³-hybridized carbons (Fsp3) is 0.647. The van der Waals surface area contributed by atoms with Crippen LogP contribution in [0.25, 0.3) is 0 Å². The van der Waals surface area contributed by atoms with Gasteiger partial charge in [-0.05, 0) is 49.8 Å². The highest BCUT2D eigenvalue weighted by Gasteiger charge is 2.30. The monoisotopic (exact) mass is 274 g/mol. The summed E-state index contributed by atoms with van der Waals surface area (Å²) in [4.78, 5) is 2.58. The molecule has 1 saturated carbocycles. The molecule has 0 aromatic heterocycles. The van der Waals surface area contributed by atoms with Crippen LogP contribution in [0.1, 0.15) is 43.9 Å². The minimum absolute atomic E-state index is 0.335. The molecular formula is C17H26N2O. The van der Waals surface area contributed by atoms with Crippen LogP contribution in [0.15, 0.2) is 18.2 Å². The Labute approximate surface area is 122 Å². The summed E-state index contributed by atoms with van der Waals surface area (Å²) in [5.41, 5.74) is 8.81. The number of nitrogens with zero attached hydrogens (tertiary/aromatic N) is 1. The van der Waals surface area contributed by atoms with E-state index in [0.717, 1.165) is 24.7 Å². The van der Waals surface area contributed by atoms with Gasteiger partial charge in [-0.1, -0.05) is 12.1 Å². The lowest BCUT2D eigenvalue weighted by molar-refractivity contribution is 0.149. The van der Waals surface area contributed by atoms with Gasteiger partial charge in [-0.25, -0.2) is 0 Å². The lowest BCUT2D eigenvalue weighted by Gasteiger charge is -2.35. The molecule has 3 heteroatoms. The number of hydrogen-bond acceptors (Lipinski definition) is 3. The van der Waals surface area contributed by atoms with Gasteiger partial charge in [0.15, 0.2) is 0 Å².